The van der Waals surface area contributed by atoms with E-state index in [2.05, 4.69) is 45.7 Å². The van der Waals surface area contributed by atoms with Gasteiger partial charge in [0.2, 0.25) is 20.7 Å². The summed E-state index contributed by atoms with van der Waals surface area (Å²) in [6.07, 6.45) is -4.30. The van der Waals surface area contributed by atoms with Crippen molar-refractivity contribution >= 4 is 43.3 Å². The molecule has 63 heavy (non-hydrogen) atoms. The van der Waals surface area contributed by atoms with Crippen LogP contribution in [0.1, 0.15) is 90.5 Å². The highest BCUT2D eigenvalue weighted by Gasteiger charge is 2.56. The van der Waals surface area contributed by atoms with E-state index in [1.165, 1.54) is 19.3 Å². The molecule has 0 N–H and O–H groups in total. The molecule has 0 unspecified atom stereocenters. The van der Waals surface area contributed by atoms with Gasteiger partial charge in [0.25, 0.3) is 0 Å². The Balaban J connectivity index is 1.32. The summed E-state index contributed by atoms with van der Waals surface area (Å²) in [6.45, 7) is 20.3. The third-order valence-corrected chi connectivity index (χ3v) is 16.4. The van der Waals surface area contributed by atoms with Crippen molar-refractivity contribution in [2.45, 2.75) is 123 Å². The number of hydrogen-bond donors (Lipinski definition) is 0. The van der Waals surface area contributed by atoms with E-state index in [-0.39, 0.29) is 10.8 Å². The first-order valence-electron chi connectivity index (χ1n) is 21.5. The Morgan fingerprint density at radius 1 is 0.762 bits per heavy atom. The Kier molecular flexibility index (Phi) is 14.9. The SMILES string of the molecule is COC(=O)[C@H]1O[C@@H](Oc2ccc(C3=C(C)c4ccc(O[Si](C)(C)C(C)(C)C)cc4O[C@H]3c3ccc(OCCN4CCCCC4)cc3)cc2)[C@H](OC(C)=O)[C@@H](OC(C)=O)[C@@H]1OC(C)=O. The molecule has 3 aliphatic heterocycles. The lowest BCUT2D eigenvalue weighted by Gasteiger charge is -2.43. The van der Waals surface area contributed by atoms with E-state index in [0.717, 1.165) is 86.9 Å². The minimum Gasteiger partial charge on any atom is -0.543 e. The topological polar surface area (TPSA) is 155 Å². The van der Waals surface area contributed by atoms with E-state index in [9.17, 15) is 19.2 Å². The molecule has 6 rings (SSSR count). The standard InChI is InChI=1S/C48H61NO13Si/c1-29-38-23-22-37(62-63(9,10)48(5,6)7)28-39(38)60-41(34-16-18-35(19-17-34)55-27-26-49-24-12-11-13-25-49)40(29)33-14-20-36(21-15-33)59-47-45(58-32(4)52)43(57-31(3)51)42(56-30(2)50)44(61-47)46(53)54-8/h14-23,28,41-45,47H,11-13,24-27H2,1-10H3/t41-,42-,43-,44-,45+,47+/m0/s1. The highest BCUT2D eigenvalue weighted by molar-refractivity contribution is 6.74. The number of rotatable bonds is 14. The van der Waals surface area contributed by atoms with Crippen molar-refractivity contribution in [3.63, 3.8) is 0 Å². The van der Waals surface area contributed by atoms with Crippen LogP contribution in [0.5, 0.6) is 23.0 Å². The fourth-order valence-corrected chi connectivity index (χ4v) is 8.81. The van der Waals surface area contributed by atoms with Crippen LogP contribution in [0.2, 0.25) is 18.1 Å². The number of methoxy groups -OCH3 is 1. The smallest absolute Gasteiger partial charge is 0.339 e. The molecule has 3 aromatic rings. The molecular weight excluding hydrogens is 827 g/mol. The third kappa shape index (κ3) is 11.4. The number of allylic oxidation sites excluding steroid dienone is 1. The van der Waals surface area contributed by atoms with Crippen molar-refractivity contribution in [2.24, 2.45) is 0 Å². The van der Waals surface area contributed by atoms with Crippen LogP contribution in [0, 0.1) is 0 Å². The molecule has 2 saturated heterocycles. The summed E-state index contributed by atoms with van der Waals surface area (Å²) in [7, 11) is -1.02. The van der Waals surface area contributed by atoms with Crippen molar-refractivity contribution in [3.05, 3.63) is 83.4 Å². The lowest BCUT2D eigenvalue weighted by molar-refractivity contribution is -0.282. The number of benzene rings is 3. The minimum absolute atomic E-state index is 0.00660. The van der Waals surface area contributed by atoms with Crippen LogP contribution in [0.15, 0.2) is 66.7 Å². The summed E-state index contributed by atoms with van der Waals surface area (Å²) in [5, 5.41) is 0.00660. The number of esters is 4. The average Bonchev–Trinajstić information content (AvgIpc) is 3.22. The van der Waals surface area contributed by atoms with E-state index < -0.39 is 69.0 Å². The second-order valence-electron chi connectivity index (χ2n) is 17.7. The van der Waals surface area contributed by atoms with Gasteiger partial charge in [-0.2, -0.15) is 0 Å². The molecule has 14 nitrogen and oxygen atoms in total. The summed E-state index contributed by atoms with van der Waals surface area (Å²) in [5.74, 6) is -0.752. The van der Waals surface area contributed by atoms with E-state index in [1.807, 2.05) is 54.6 Å². The Hall–Kier alpha value is -5.38. The van der Waals surface area contributed by atoms with Crippen molar-refractivity contribution in [2.75, 3.05) is 33.4 Å². The second-order valence-corrected chi connectivity index (χ2v) is 22.4. The lowest BCUT2D eigenvalue weighted by atomic mass is 9.86. The summed E-state index contributed by atoms with van der Waals surface area (Å²) >= 11 is 0. The zero-order valence-corrected chi connectivity index (χ0v) is 39.0. The zero-order chi connectivity index (χ0) is 45.6. The Morgan fingerprint density at radius 2 is 1.35 bits per heavy atom. The normalized spacial score (nSPS) is 22.8. The largest absolute Gasteiger partial charge is 0.543 e. The maximum Gasteiger partial charge on any atom is 0.339 e. The Labute approximate surface area is 371 Å². The quantitative estimate of drug-likeness (QED) is 0.0871. The van der Waals surface area contributed by atoms with E-state index in [0.29, 0.717) is 12.4 Å². The molecule has 3 aliphatic rings. The van der Waals surface area contributed by atoms with Crippen molar-refractivity contribution in [1.29, 1.82) is 0 Å². The van der Waals surface area contributed by atoms with Gasteiger partial charge in [-0.25, -0.2) is 4.79 Å². The molecular formula is C48H61NO13Si. The van der Waals surface area contributed by atoms with Crippen molar-refractivity contribution < 1.29 is 61.5 Å². The van der Waals surface area contributed by atoms with E-state index >= 15 is 0 Å². The highest BCUT2D eigenvalue weighted by Crippen LogP contribution is 2.49. The molecule has 2 fully saturated rings. The number of fused-ring (bicyclic) bond motifs is 1. The summed E-state index contributed by atoms with van der Waals surface area (Å²) in [5.41, 5.74) is 4.60. The maximum atomic E-state index is 13.0. The van der Waals surface area contributed by atoms with Crippen LogP contribution in [0.3, 0.4) is 0 Å². The number of nitrogens with zero attached hydrogens (tertiary/aromatic N) is 1. The summed E-state index contributed by atoms with van der Waals surface area (Å²) in [4.78, 5) is 52.2. The molecule has 0 saturated carbocycles. The lowest BCUT2D eigenvalue weighted by Crippen LogP contribution is -2.64. The predicted molar refractivity (Wildman–Crippen MR) is 237 cm³/mol. The van der Waals surface area contributed by atoms with Gasteiger partial charge in [-0.05, 0) is 104 Å². The predicted octanol–water partition coefficient (Wildman–Crippen LogP) is 8.07. The molecule has 340 valence electrons. The van der Waals surface area contributed by atoms with Gasteiger partial charge >= 0.3 is 23.9 Å². The van der Waals surface area contributed by atoms with Gasteiger partial charge < -0.3 is 42.3 Å². The first-order chi connectivity index (χ1) is 29.8. The Bertz CT molecular complexity index is 2140. The van der Waals surface area contributed by atoms with E-state index in [1.54, 1.807) is 12.1 Å². The average molecular weight is 888 g/mol. The molecule has 6 atom stereocenters. The molecule has 0 bridgehead atoms. The van der Waals surface area contributed by atoms with Crippen LogP contribution in [0.25, 0.3) is 11.1 Å². The van der Waals surface area contributed by atoms with Gasteiger partial charge in [-0.1, -0.05) is 51.5 Å². The first-order valence-corrected chi connectivity index (χ1v) is 24.4. The molecule has 0 radical (unpaired) electrons. The first kappa shape index (κ1) is 47.1. The van der Waals surface area contributed by atoms with Gasteiger partial charge in [-0.3, -0.25) is 19.3 Å². The fourth-order valence-electron chi connectivity index (χ4n) is 7.79. The van der Waals surface area contributed by atoms with Crippen molar-refractivity contribution in [3.8, 4) is 23.0 Å². The molecule has 3 aromatic carbocycles. The minimum atomic E-state index is -2.15. The molecule has 0 spiro atoms. The number of carbonyl (C=O) groups excluding carboxylic acids is 4. The number of carbonyl (C=O) groups is 4. The molecule has 15 heteroatoms. The summed E-state index contributed by atoms with van der Waals surface area (Å²) < 4.78 is 53.4. The number of hydrogen-bond acceptors (Lipinski definition) is 14. The molecule has 0 aromatic heterocycles. The maximum absolute atomic E-state index is 13.0. The van der Waals surface area contributed by atoms with Crippen LogP contribution >= 0.6 is 0 Å². The van der Waals surface area contributed by atoms with Gasteiger partial charge in [0.05, 0.1) is 7.11 Å². The second kappa shape index (κ2) is 20.0. The number of piperidine rings is 1. The monoisotopic (exact) mass is 887 g/mol. The van der Waals surface area contributed by atoms with Gasteiger partial charge in [-0.15, -0.1) is 0 Å². The Morgan fingerprint density at radius 3 is 1.95 bits per heavy atom. The van der Waals surface area contributed by atoms with Gasteiger partial charge in [0.15, 0.2) is 18.3 Å². The van der Waals surface area contributed by atoms with Gasteiger partial charge in [0, 0.05) is 44.5 Å². The van der Waals surface area contributed by atoms with Crippen LogP contribution in [-0.4, -0.2) is 101 Å². The highest BCUT2D eigenvalue weighted by atomic mass is 28.4. The van der Waals surface area contributed by atoms with Crippen molar-refractivity contribution in [1.82, 2.24) is 4.90 Å². The van der Waals surface area contributed by atoms with Gasteiger partial charge in [0.1, 0.15) is 35.7 Å². The van der Waals surface area contributed by atoms with E-state index in [4.69, 9.17) is 42.3 Å². The molecule has 0 amide bonds. The van der Waals surface area contributed by atoms with Crippen LogP contribution in [0.4, 0.5) is 0 Å². The molecule has 0 aliphatic carbocycles. The zero-order valence-electron chi connectivity index (χ0n) is 38.0. The third-order valence-electron chi connectivity index (χ3n) is 12.0. The summed E-state index contributed by atoms with van der Waals surface area (Å²) in [6, 6.07) is 21.2. The van der Waals surface area contributed by atoms with Crippen LogP contribution < -0.4 is 18.6 Å². The molecule has 3 heterocycles. The fraction of sp³-hybridized carbons (Fsp3) is 0.500. The number of ether oxygens (including phenoxy) is 8. The number of likely N-dealkylation sites (tertiary alicyclic amines) is 1. The van der Waals surface area contributed by atoms with Crippen LogP contribution in [-0.2, 0) is 42.9 Å².